The summed E-state index contributed by atoms with van der Waals surface area (Å²) in [4.78, 5) is 8.74. The zero-order chi connectivity index (χ0) is 13.0. The molecule has 1 aromatic rings. The van der Waals surface area contributed by atoms with Crippen LogP contribution in [0.4, 0.5) is 0 Å². The molecule has 2 atom stereocenters. The quantitative estimate of drug-likeness (QED) is 0.856. The normalized spacial score (nSPS) is 15.0. The highest BCUT2D eigenvalue weighted by Gasteiger charge is 2.20. The van der Waals surface area contributed by atoms with Crippen molar-refractivity contribution in [1.29, 1.82) is 0 Å². The van der Waals surface area contributed by atoms with Crippen molar-refractivity contribution in [3.63, 3.8) is 0 Å². The van der Waals surface area contributed by atoms with Crippen LogP contribution in [0, 0.1) is 12.8 Å². The van der Waals surface area contributed by atoms with Crippen molar-refractivity contribution in [2.45, 2.75) is 46.8 Å². The van der Waals surface area contributed by atoms with Crippen LogP contribution < -0.4 is 0 Å². The summed E-state index contributed by atoms with van der Waals surface area (Å²) >= 11 is 0. The molecule has 1 N–H and O–H groups in total. The van der Waals surface area contributed by atoms with E-state index in [1.807, 2.05) is 13.8 Å². The van der Waals surface area contributed by atoms with Crippen molar-refractivity contribution in [2.75, 3.05) is 6.61 Å². The number of aliphatic hydroxyl groups excluding tert-OH is 1. The Labute approximate surface area is 103 Å². The lowest BCUT2D eigenvalue weighted by Crippen LogP contribution is -2.16. The largest absolute Gasteiger partial charge is 0.389 e. The summed E-state index contributed by atoms with van der Waals surface area (Å²) in [5.41, 5.74) is 1.59. The van der Waals surface area contributed by atoms with Crippen LogP contribution in [-0.4, -0.2) is 21.7 Å². The first-order chi connectivity index (χ1) is 7.97. The number of aryl methyl sites for hydroxylation is 1. The van der Waals surface area contributed by atoms with Crippen LogP contribution in [0.3, 0.4) is 0 Å². The summed E-state index contributed by atoms with van der Waals surface area (Å²) in [5.74, 6) is 1.02. The highest BCUT2D eigenvalue weighted by atomic mass is 16.5. The van der Waals surface area contributed by atoms with Crippen molar-refractivity contribution in [1.82, 2.24) is 9.97 Å². The van der Waals surface area contributed by atoms with Crippen LogP contribution >= 0.6 is 0 Å². The standard InChI is InChI=1S/C13H22N2O2/c1-6-17-12(8(2)3)13-14-7-11(10(5)16)9(4)15-13/h7-8,10,12,16H,6H2,1-5H3/t10-,12?/m1/s1. The molecule has 0 aliphatic carbocycles. The van der Waals surface area contributed by atoms with Crippen LogP contribution in [0.5, 0.6) is 0 Å². The van der Waals surface area contributed by atoms with Gasteiger partial charge in [0.1, 0.15) is 6.10 Å². The molecule has 0 aliphatic heterocycles. The monoisotopic (exact) mass is 238 g/mol. The molecular weight excluding hydrogens is 216 g/mol. The van der Waals surface area contributed by atoms with Gasteiger partial charge in [-0.05, 0) is 26.7 Å². The Morgan fingerprint density at radius 2 is 2.00 bits per heavy atom. The zero-order valence-electron chi connectivity index (χ0n) is 11.3. The number of rotatable bonds is 5. The minimum absolute atomic E-state index is 0.0817. The molecule has 0 radical (unpaired) electrons. The van der Waals surface area contributed by atoms with Gasteiger partial charge in [0.05, 0.1) is 6.10 Å². The van der Waals surface area contributed by atoms with E-state index in [4.69, 9.17) is 4.74 Å². The summed E-state index contributed by atoms with van der Waals surface area (Å²) < 4.78 is 5.66. The third-order valence-electron chi connectivity index (χ3n) is 2.69. The Balaban J connectivity index is 3.02. The average Bonchev–Trinajstić information content (AvgIpc) is 2.24. The summed E-state index contributed by atoms with van der Waals surface area (Å²) in [7, 11) is 0. The van der Waals surface area contributed by atoms with E-state index in [0.717, 1.165) is 11.3 Å². The molecule has 0 aromatic carbocycles. The molecule has 0 spiro atoms. The van der Waals surface area contributed by atoms with Crippen LogP contribution in [0.15, 0.2) is 6.20 Å². The molecule has 0 bridgehead atoms. The van der Waals surface area contributed by atoms with Gasteiger partial charge in [-0.15, -0.1) is 0 Å². The molecule has 1 aromatic heterocycles. The number of aliphatic hydroxyl groups is 1. The van der Waals surface area contributed by atoms with Gasteiger partial charge in [-0.1, -0.05) is 13.8 Å². The van der Waals surface area contributed by atoms with E-state index in [-0.39, 0.29) is 6.10 Å². The summed E-state index contributed by atoms with van der Waals surface area (Å²) in [5, 5.41) is 9.54. The summed E-state index contributed by atoms with van der Waals surface area (Å²) in [6.45, 7) is 10.4. The highest BCUT2D eigenvalue weighted by Crippen LogP contribution is 2.24. The van der Waals surface area contributed by atoms with Gasteiger partial charge in [0.15, 0.2) is 5.82 Å². The smallest absolute Gasteiger partial charge is 0.157 e. The van der Waals surface area contributed by atoms with Gasteiger partial charge < -0.3 is 9.84 Å². The first-order valence-corrected chi connectivity index (χ1v) is 6.10. The van der Waals surface area contributed by atoms with Gasteiger partial charge in [-0.2, -0.15) is 0 Å². The fourth-order valence-corrected chi connectivity index (χ4v) is 1.79. The van der Waals surface area contributed by atoms with Crippen molar-refractivity contribution in [2.24, 2.45) is 5.92 Å². The first-order valence-electron chi connectivity index (χ1n) is 6.10. The Hall–Kier alpha value is -1.00. The molecular formula is C13H22N2O2. The summed E-state index contributed by atoms with van der Waals surface area (Å²) in [6.07, 6.45) is 1.08. The second-order valence-corrected chi connectivity index (χ2v) is 4.56. The highest BCUT2D eigenvalue weighted by molar-refractivity contribution is 5.19. The van der Waals surface area contributed by atoms with E-state index < -0.39 is 6.10 Å². The predicted octanol–water partition coefficient (Wildman–Crippen LogP) is 2.57. The molecule has 0 saturated heterocycles. The Morgan fingerprint density at radius 1 is 1.35 bits per heavy atom. The fraction of sp³-hybridized carbons (Fsp3) is 0.692. The maximum atomic E-state index is 9.54. The molecule has 1 rings (SSSR count). The number of nitrogens with zero attached hydrogens (tertiary/aromatic N) is 2. The van der Waals surface area contributed by atoms with E-state index in [1.54, 1.807) is 13.1 Å². The third kappa shape index (κ3) is 3.48. The van der Waals surface area contributed by atoms with E-state index in [1.165, 1.54) is 0 Å². The molecule has 1 unspecified atom stereocenters. The molecule has 0 saturated carbocycles. The molecule has 0 aliphatic rings. The van der Waals surface area contributed by atoms with E-state index >= 15 is 0 Å². The number of ether oxygens (including phenoxy) is 1. The van der Waals surface area contributed by atoms with Gasteiger partial charge in [0.25, 0.3) is 0 Å². The Bertz CT molecular complexity index is 364. The van der Waals surface area contributed by atoms with E-state index in [9.17, 15) is 5.11 Å². The maximum absolute atomic E-state index is 9.54. The molecule has 1 heterocycles. The third-order valence-corrected chi connectivity index (χ3v) is 2.69. The Kier molecular flexibility index (Phi) is 5.02. The molecule has 4 nitrogen and oxygen atoms in total. The number of hydrogen-bond acceptors (Lipinski definition) is 4. The lowest BCUT2D eigenvalue weighted by Gasteiger charge is -2.20. The second-order valence-electron chi connectivity index (χ2n) is 4.56. The van der Waals surface area contributed by atoms with Crippen molar-refractivity contribution in [3.8, 4) is 0 Å². The van der Waals surface area contributed by atoms with Gasteiger partial charge in [0.2, 0.25) is 0 Å². The van der Waals surface area contributed by atoms with Gasteiger partial charge >= 0.3 is 0 Å². The van der Waals surface area contributed by atoms with E-state index in [2.05, 4.69) is 23.8 Å². The minimum Gasteiger partial charge on any atom is -0.389 e. The van der Waals surface area contributed by atoms with Crippen LogP contribution in [0.1, 0.15) is 57.0 Å². The van der Waals surface area contributed by atoms with Gasteiger partial charge in [-0.3, -0.25) is 0 Å². The Morgan fingerprint density at radius 3 is 2.41 bits per heavy atom. The SMILES string of the molecule is CCOC(c1ncc([C@@H](C)O)c(C)n1)C(C)C. The molecule has 0 amide bonds. The van der Waals surface area contributed by atoms with Gasteiger partial charge in [0, 0.05) is 24.1 Å². The fourth-order valence-electron chi connectivity index (χ4n) is 1.79. The molecule has 17 heavy (non-hydrogen) atoms. The van der Waals surface area contributed by atoms with Crippen LogP contribution in [0.2, 0.25) is 0 Å². The molecule has 0 fully saturated rings. The lowest BCUT2D eigenvalue weighted by molar-refractivity contribution is 0.0229. The van der Waals surface area contributed by atoms with Crippen molar-refractivity contribution >= 4 is 0 Å². The summed E-state index contributed by atoms with van der Waals surface area (Å²) in [6, 6.07) is 0. The average molecular weight is 238 g/mol. The van der Waals surface area contributed by atoms with Crippen molar-refractivity contribution in [3.05, 3.63) is 23.3 Å². The zero-order valence-corrected chi connectivity index (χ0v) is 11.3. The van der Waals surface area contributed by atoms with E-state index in [0.29, 0.717) is 18.3 Å². The number of hydrogen-bond donors (Lipinski definition) is 1. The van der Waals surface area contributed by atoms with Crippen LogP contribution in [-0.2, 0) is 4.74 Å². The second kappa shape index (κ2) is 6.07. The minimum atomic E-state index is -0.534. The van der Waals surface area contributed by atoms with Crippen LogP contribution in [0.25, 0.3) is 0 Å². The first kappa shape index (κ1) is 14.1. The molecule has 96 valence electrons. The maximum Gasteiger partial charge on any atom is 0.157 e. The number of aromatic nitrogens is 2. The topological polar surface area (TPSA) is 55.2 Å². The van der Waals surface area contributed by atoms with Gasteiger partial charge in [-0.25, -0.2) is 9.97 Å². The lowest BCUT2D eigenvalue weighted by atomic mass is 10.1. The predicted molar refractivity (Wildman–Crippen MR) is 66.6 cm³/mol. The van der Waals surface area contributed by atoms with Crippen molar-refractivity contribution < 1.29 is 9.84 Å². The molecule has 4 heteroatoms.